The van der Waals surface area contributed by atoms with E-state index in [2.05, 4.69) is 5.32 Å². The molecule has 1 saturated heterocycles. The van der Waals surface area contributed by atoms with Crippen LogP contribution >= 0.6 is 0 Å². The predicted molar refractivity (Wildman–Crippen MR) is 72.7 cm³/mol. The van der Waals surface area contributed by atoms with Crippen LogP contribution in [0, 0.1) is 0 Å². The van der Waals surface area contributed by atoms with Crippen LogP contribution in [0.5, 0.6) is 0 Å². The minimum Gasteiger partial charge on any atom is -0.480 e. The van der Waals surface area contributed by atoms with Crippen molar-refractivity contribution in [1.82, 2.24) is 10.2 Å². The summed E-state index contributed by atoms with van der Waals surface area (Å²) in [6.45, 7) is 1.15. The second-order valence-electron chi connectivity index (χ2n) is 4.90. The third-order valence-electron chi connectivity index (χ3n) is 3.47. The molecular formula is C13H24N2O5. The van der Waals surface area contributed by atoms with Crippen molar-refractivity contribution < 1.29 is 24.2 Å². The van der Waals surface area contributed by atoms with Crippen molar-refractivity contribution in [3.05, 3.63) is 0 Å². The molecule has 0 bridgehead atoms. The largest absolute Gasteiger partial charge is 0.480 e. The Labute approximate surface area is 119 Å². The Morgan fingerprint density at radius 2 is 2.10 bits per heavy atom. The minimum absolute atomic E-state index is 0.237. The van der Waals surface area contributed by atoms with Crippen LogP contribution in [0.2, 0.25) is 0 Å². The number of urea groups is 1. The van der Waals surface area contributed by atoms with Crippen molar-refractivity contribution in [3.8, 4) is 0 Å². The molecule has 0 aromatic heterocycles. The van der Waals surface area contributed by atoms with E-state index in [-0.39, 0.29) is 12.1 Å². The lowest BCUT2D eigenvalue weighted by Crippen LogP contribution is -2.51. The Balaban J connectivity index is 2.55. The number of rotatable bonds is 6. The van der Waals surface area contributed by atoms with Gasteiger partial charge in [0, 0.05) is 27.3 Å². The number of amides is 2. The van der Waals surface area contributed by atoms with Crippen molar-refractivity contribution in [2.75, 3.05) is 33.9 Å². The Morgan fingerprint density at radius 1 is 1.35 bits per heavy atom. The highest BCUT2D eigenvalue weighted by atomic mass is 16.5. The molecule has 0 aromatic rings. The zero-order valence-corrected chi connectivity index (χ0v) is 12.1. The summed E-state index contributed by atoms with van der Waals surface area (Å²) >= 11 is 0. The summed E-state index contributed by atoms with van der Waals surface area (Å²) in [5, 5.41) is 11.9. The first-order valence-electron chi connectivity index (χ1n) is 6.89. The normalized spacial score (nSPS) is 21.1. The molecule has 1 rings (SSSR count). The van der Waals surface area contributed by atoms with Crippen LogP contribution in [0.25, 0.3) is 0 Å². The molecule has 2 amide bonds. The molecule has 7 nitrogen and oxygen atoms in total. The number of hydrogen-bond donors (Lipinski definition) is 2. The van der Waals surface area contributed by atoms with E-state index >= 15 is 0 Å². The van der Waals surface area contributed by atoms with Crippen molar-refractivity contribution in [2.45, 2.75) is 37.8 Å². The minimum atomic E-state index is -0.942. The first-order chi connectivity index (χ1) is 9.60. The number of methoxy groups -OCH3 is 2. The Hall–Kier alpha value is -1.34. The monoisotopic (exact) mass is 288 g/mol. The van der Waals surface area contributed by atoms with Gasteiger partial charge in [0.15, 0.2) is 0 Å². The Kier molecular flexibility index (Phi) is 7.32. The Bertz CT molecular complexity index is 324. The van der Waals surface area contributed by atoms with E-state index in [0.717, 1.165) is 19.3 Å². The molecule has 1 heterocycles. The van der Waals surface area contributed by atoms with E-state index in [0.29, 0.717) is 26.1 Å². The summed E-state index contributed by atoms with van der Waals surface area (Å²) in [4.78, 5) is 24.8. The van der Waals surface area contributed by atoms with Gasteiger partial charge in [-0.2, -0.15) is 0 Å². The molecule has 2 unspecified atom stereocenters. The average molecular weight is 288 g/mol. The molecule has 2 atom stereocenters. The number of aliphatic carboxylic acids is 1. The molecule has 20 heavy (non-hydrogen) atoms. The first kappa shape index (κ1) is 16.7. The summed E-state index contributed by atoms with van der Waals surface area (Å²) < 4.78 is 10.1. The fraction of sp³-hybridized carbons (Fsp3) is 0.846. The first-order valence-corrected chi connectivity index (χ1v) is 6.89. The smallest absolute Gasteiger partial charge is 0.326 e. The van der Waals surface area contributed by atoms with Crippen LogP contribution in [0.4, 0.5) is 4.79 Å². The number of likely N-dealkylation sites (tertiary alicyclic amines) is 1. The van der Waals surface area contributed by atoms with Gasteiger partial charge >= 0.3 is 12.0 Å². The van der Waals surface area contributed by atoms with E-state index in [1.165, 1.54) is 4.90 Å². The number of carboxylic acids is 1. The summed E-state index contributed by atoms with van der Waals surface area (Å²) in [6, 6.07) is -1.08. The molecule has 0 aromatic carbocycles. The molecule has 0 aliphatic carbocycles. The number of hydrogen-bond acceptors (Lipinski definition) is 4. The topological polar surface area (TPSA) is 88.1 Å². The van der Waals surface area contributed by atoms with Crippen molar-refractivity contribution >= 4 is 12.0 Å². The number of nitrogens with zero attached hydrogens (tertiary/aromatic N) is 1. The van der Waals surface area contributed by atoms with Crippen LogP contribution < -0.4 is 5.32 Å². The lowest BCUT2D eigenvalue weighted by atomic mass is 10.1. The fourth-order valence-electron chi connectivity index (χ4n) is 2.31. The summed E-state index contributed by atoms with van der Waals surface area (Å²) in [6.07, 6.45) is 2.90. The van der Waals surface area contributed by atoms with Gasteiger partial charge < -0.3 is 24.8 Å². The van der Waals surface area contributed by atoms with E-state index in [4.69, 9.17) is 9.47 Å². The van der Waals surface area contributed by atoms with Crippen LogP contribution in [-0.2, 0) is 14.3 Å². The van der Waals surface area contributed by atoms with Crippen LogP contribution in [0.3, 0.4) is 0 Å². The highest BCUT2D eigenvalue weighted by molar-refractivity contribution is 5.82. The molecule has 0 radical (unpaired) electrons. The van der Waals surface area contributed by atoms with Crippen LogP contribution in [-0.4, -0.2) is 68.1 Å². The second kappa shape index (κ2) is 8.76. The molecule has 0 spiro atoms. The molecule has 116 valence electrons. The van der Waals surface area contributed by atoms with Crippen LogP contribution in [0.15, 0.2) is 0 Å². The van der Waals surface area contributed by atoms with Gasteiger partial charge in [0.05, 0.1) is 12.7 Å². The standard InChI is InChI=1S/C13H24N2O5/c1-19-9-10(20-2)8-14-13(18)15-7-5-3-4-6-11(15)12(16)17/h10-11H,3-9H2,1-2H3,(H,14,18)(H,16,17). The number of nitrogens with one attached hydrogen (secondary N) is 1. The lowest BCUT2D eigenvalue weighted by molar-refractivity contribution is -0.142. The summed E-state index contributed by atoms with van der Waals surface area (Å²) in [7, 11) is 3.10. The van der Waals surface area contributed by atoms with Gasteiger partial charge in [-0.3, -0.25) is 0 Å². The van der Waals surface area contributed by atoms with E-state index < -0.39 is 12.0 Å². The molecule has 0 saturated carbocycles. The zero-order valence-electron chi connectivity index (χ0n) is 12.1. The molecule has 1 aliphatic rings. The zero-order chi connectivity index (χ0) is 15.0. The summed E-state index contributed by atoms with van der Waals surface area (Å²) in [5.74, 6) is -0.942. The fourth-order valence-corrected chi connectivity index (χ4v) is 2.31. The number of ether oxygens (including phenoxy) is 2. The molecule has 2 N–H and O–H groups in total. The molecule has 1 aliphatic heterocycles. The number of carbonyl (C=O) groups excluding carboxylic acids is 1. The highest BCUT2D eigenvalue weighted by Gasteiger charge is 2.30. The van der Waals surface area contributed by atoms with Gasteiger partial charge in [-0.15, -0.1) is 0 Å². The van der Waals surface area contributed by atoms with Gasteiger partial charge in [-0.1, -0.05) is 12.8 Å². The van der Waals surface area contributed by atoms with Gasteiger partial charge in [-0.25, -0.2) is 9.59 Å². The van der Waals surface area contributed by atoms with E-state index in [9.17, 15) is 14.7 Å². The lowest BCUT2D eigenvalue weighted by Gasteiger charge is -2.27. The molecular weight excluding hydrogens is 264 g/mol. The van der Waals surface area contributed by atoms with Crippen molar-refractivity contribution in [3.63, 3.8) is 0 Å². The van der Waals surface area contributed by atoms with Gasteiger partial charge in [0.2, 0.25) is 0 Å². The molecule has 1 fully saturated rings. The Morgan fingerprint density at radius 3 is 2.70 bits per heavy atom. The maximum absolute atomic E-state index is 12.1. The van der Waals surface area contributed by atoms with E-state index in [1.807, 2.05) is 0 Å². The second-order valence-corrected chi connectivity index (χ2v) is 4.90. The predicted octanol–water partition coefficient (Wildman–Crippen LogP) is 0.687. The average Bonchev–Trinajstić information content (AvgIpc) is 2.68. The third kappa shape index (κ3) is 4.97. The number of carboxylic acid groups (broad SMARTS) is 1. The highest BCUT2D eigenvalue weighted by Crippen LogP contribution is 2.17. The van der Waals surface area contributed by atoms with Gasteiger partial charge in [-0.05, 0) is 12.8 Å². The van der Waals surface area contributed by atoms with Crippen molar-refractivity contribution in [1.29, 1.82) is 0 Å². The maximum atomic E-state index is 12.1. The van der Waals surface area contributed by atoms with Gasteiger partial charge in [0.25, 0.3) is 0 Å². The van der Waals surface area contributed by atoms with E-state index in [1.54, 1.807) is 14.2 Å². The quantitative estimate of drug-likeness (QED) is 0.750. The van der Waals surface area contributed by atoms with Crippen molar-refractivity contribution in [2.24, 2.45) is 0 Å². The van der Waals surface area contributed by atoms with Gasteiger partial charge in [0.1, 0.15) is 6.04 Å². The maximum Gasteiger partial charge on any atom is 0.326 e. The summed E-state index contributed by atoms with van der Waals surface area (Å²) in [5.41, 5.74) is 0. The SMILES string of the molecule is COCC(CNC(=O)N1CCCCCC1C(=O)O)OC. The number of carbonyl (C=O) groups is 2. The molecule has 7 heteroatoms. The third-order valence-corrected chi connectivity index (χ3v) is 3.47. The van der Waals surface area contributed by atoms with Crippen LogP contribution in [0.1, 0.15) is 25.7 Å².